The van der Waals surface area contributed by atoms with Gasteiger partial charge >= 0.3 is 0 Å². The van der Waals surface area contributed by atoms with E-state index in [1.807, 2.05) is 60.8 Å². The van der Waals surface area contributed by atoms with Crippen molar-refractivity contribution in [3.8, 4) is 0 Å². The Morgan fingerprint density at radius 2 is 2.13 bits per heavy atom. The van der Waals surface area contributed by atoms with Crippen molar-refractivity contribution in [3.63, 3.8) is 0 Å². The van der Waals surface area contributed by atoms with Crippen LogP contribution in [0.4, 0.5) is 0 Å². The lowest BCUT2D eigenvalue weighted by atomic mass is 9.90. The zero-order valence-electron chi connectivity index (χ0n) is 17.4. The molecule has 1 aromatic rings. The fraction of sp³-hybridized carbons (Fsp3) is 0.545. The lowest BCUT2D eigenvalue weighted by molar-refractivity contribution is -0.153. The number of likely N-dealkylation sites (tertiary alicyclic amines) is 1. The summed E-state index contributed by atoms with van der Waals surface area (Å²) in [6.45, 7) is 6.69. The highest BCUT2D eigenvalue weighted by atomic mass is 32.2. The Hall–Kier alpha value is -1.48. The van der Waals surface area contributed by atoms with Crippen molar-refractivity contribution in [2.45, 2.75) is 50.0 Å². The highest BCUT2D eigenvalue weighted by Gasteiger charge is 2.55. The number of nitrogens with one attached hydrogen (secondary N) is 1. The predicted octanol–water partition coefficient (Wildman–Crippen LogP) is 2.60. The topological polar surface area (TPSA) is 72.9 Å². The van der Waals surface area contributed by atoms with Crippen LogP contribution in [0.5, 0.6) is 0 Å². The maximum absolute atomic E-state index is 12.4. The van der Waals surface area contributed by atoms with Crippen LogP contribution in [0.2, 0.25) is 0 Å². The number of carbonyl (C=O) groups is 2. The number of hydrogen-bond acceptors (Lipinski definition) is 6. The van der Waals surface area contributed by atoms with Crippen LogP contribution in [0.1, 0.15) is 32.3 Å². The number of carbonyl (C=O) groups excluding carboxylic acids is 2. The van der Waals surface area contributed by atoms with Gasteiger partial charge in [-0.25, -0.2) is 0 Å². The van der Waals surface area contributed by atoms with Gasteiger partial charge in [-0.1, -0.05) is 49.0 Å². The molecule has 2 saturated heterocycles. The van der Waals surface area contributed by atoms with Gasteiger partial charge in [-0.15, -0.1) is 11.8 Å². The van der Waals surface area contributed by atoms with Crippen molar-refractivity contribution >= 4 is 35.3 Å². The third-order valence-corrected chi connectivity index (χ3v) is 9.06. The molecule has 1 aromatic carbocycles. The van der Waals surface area contributed by atoms with Gasteiger partial charge in [0.1, 0.15) is 5.37 Å². The van der Waals surface area contributed by atoms with E-state index in [0.717, 1.165) is 30.8 Å². The molecule has 8 heteroatoms. The molecule has 3 aliphatic heterocycles. The third-order valence-electron chi connectivity index (χ3n) is 6.00. The number of aliphatic hydroxyl groups is 1. The van der Waals surface area contributed by atoms with Crippen molar-refractivity contribution < 1.29 is 14.7 Å². The molecule has 0 aromatic heterocycles. The normalized spacial score (nSPS) is 27.2. The maximum Gasteiger partial charge on any atom is 0.236 e. The first-order valence-corrected chi connectivity index (χ1v) is 12.3. The average molecular weight is 448 g/mol. The first-order valence-electron chi connectivity index (χ1n) is 10.6. The Bertz CT molecular complexity index is 832. The number of hydrogen-bond donors (Lipinski definition) is 2. The molecule has 4 rings (SSSR count). The van der Waals surface area contributed by atoms with E-state index in [-0.39, 0.29) is 23.1 Å². The maximum atomic E-state index is 12.4. The van der Waals surface area contributed by atoms with E-state index in [9.17, 15) is 14.7 Å². The van der Waals surface area contributed by atoms with Crippen molar-refractivity contribution in [2.24, 2.45) is 5.92 Å². The molecule has 2 amide bonds. The van der Waals surface area contributed by atoms with Gasteiger partial charge in [-0.05, 0) is 31.9 Å². The Kier molecular flexibility index (Phi) is 6.77. The molecule has 0 aliphatic carbocycles. The molecule has 2 fully saturated rings. The summed E-state index contributed by atoms with van der Waals surface area (Å²) in [6, 6.07) is 9.94. The van der Waals surface area contributed by atoms with E-state index in [0.29, 0.717) is 24.8 Å². The Balaban J connectivity index is 1.24. The number of amides is 2. The zero-order valence-corrected chi connectivity index (χ0v) is 19.0. The lowest BCUT2D eigenvalue weighted by Gasteiger charge is -2.44. The number of nitrogens with zero attached hydrogens (tertiary/aromatic N) is 2. The van der Waals surface area contributed by atoms with Crippen LogP contribution in [0, 0.1) is 5.92 Å². The standard InChI is InChI=1S/C22H29N3O3S2/c1-3-17(26)19-20(28)25-14(2)22(30-21(19)25)29-16-9-10-24(12-16)13-18(27)23-11-15-7-5-4-6-8-15/h4-8,16-17,19,21,26H,3,9-13H2,1-2H3,(H,23,27)/t16-,17-,19+,21+/m0/s1. The highest BCUT2D eigenvalue weighted by molar-refractivity contribution is 8.23. The quantitative estimate of drug-likeness (QED) is 0.597. The van der Waals surface area contributed by atoms with Gasteiger partial charge in [-0.2, -0.15) is 0 Å². The van der Waals surface area contributed by atoms with Gasteiger partial charge < -0.3 is 15.3 Å². The fourth-order valence-corrected chi connectivity index (χ4v) is 7.53. The van der Waals surface area contributed by atoms with E-state index < -0.39 is 6.10 Å². The average Bonchev–Trinajstić information content (AvgIpc) is 3.29. The number of aliphatic hydroxyl groups excluding tert-OH is 1. The summed E-state index contributed by atoms with van der Waals surface area (Å²) in [5, 5.41) is 13.6. The molecule has 3 heterocycles. The summed E-state index contributed by atoms with van der Waals surface area (Å²) in [7, 11) is 0. The van der Waals surface area contributed by atoms with Crippen LogP contribution in [0.25, 0.3) is 0 Å². The molecule has 0 bridgehead atoms. The predicted molar refractivity (Wildman–Crippen MR) is 121 cm³/mol. The third kappa shape index (κ3) is 4.42. The molecule has 6 nitrogen and oxygen atoms in total. The van der Waals surface area contributed by atoms with E-state index in [1.165, 1.54) is 4.24 Å². The number of benzene rings is 1. The van der Waals surface area contributed by atoms with E-state index in [2.05, 4.69) is 10.2 Å². The molecular formula is C22H29N3O3S2. The number of fused-ring (bicyclic) bond motifs is 1. The van der Waals surface area contributed by atoms with Crippen molar-refractivity contribution in [3.05, 3.63) is 45.8 Å². The minimum atomic E-state index is -0.556. The van der Waals surface area contributed by atoms with Crippen LogP contribution in [-0.4, -0.2) is 63.1 Å². The molecule has 30 heavy (non-hydrogen) atoms. The number of rotatable bonds is 8. The molecule has 0 unspecified atom stereocenters. The van der Waals surface area contributed by atoms with Gasteiger partial charge in [0, 0.05) is 24.0 Å². The molecule has 162 valence electrons. The lowest BCUT2D eigenvalue weighted by Crippen LogP contribution is -2.60. The summed E-state index contributed by atoms with van der Waals surface area (Å²) in [6.07, 6.45) is 1.08. The Labute approximate surface area is 186 Å². The van der Waals surface area contributed by atoms with Crippen LogP contribution < -0.4 is 5.32 Å². The first kappa shape index (κ1) is 21.7. The first-order chi connectivity index (χ1) is 14.5. The molecule has 0 saturated carbocycles. The van der Waals surface area contributed by atoms with Gasteiger partial charge in [0.15, 0.2) is 0 Å². The van der Waals surface area contributed by atoms with Crippen LogP contribution >= 0.6 is 23.5 Å². The molecule has 0 spiro atoms. The second kappa shape index (κ2) is 9.34. The number of thioether (sulfide) groups is 2. The molecular weight excluding hydrogens is 418 g/mol. The van der Waals surface area contributed by atoms with Crippen molar-refractivity contribution in [1.82, 2.24) is 15.1 Å². The largest absolute Gasteiger partial charge is 0.392 e. The van der Waals surface area contributed by atoms with Gasteiger partial charge in [-0.3, -0.25) is 14.5 Å². The molecule has 0 radical (unpaired) electrons. The van der Waals surface area contributed by atoms with Crippen molar-refractivity contribution in [1.29, 1.82) is 0 Å². The minimum Gasteiger partial charge on any atom is -0.392 e. The van der Waals surface area contributed by atoms with Gasteiger partial charge in [0.05, 0.1) is 22.8 Å². The number of β-lactam (4-membered cyclic amide) rings is 1. The minimum absolute atomic E-state index is 0.0521. The Morgan fingerprint density at radius 3 is 2.87 bits per heavy atom. The SMILES string of the molecule is CC[C@H](O)[C@@H]1C(=O)N2C(C)=C(S[C@H]3CCN(CC(=O)NCc4ccccc4)C3)S[C@H]12. The Morgan fingerprint density at radius 1 is 1.37 bits per heavy atom. The van der Waals surface area contributed by atoms with Crippen LogP contribution in [0.15, 0.2) is 40.3 Å². The molecule has 4 atom stereocenters. The van der Waals surface area contributed by atoms with Gasteiger partial charge in [0.2, 0.25) is 11.8 Å². The second-order valence-electron chi connectivity index (χ2n) is 8.12. The summed E-state index contributed by atoms with van der Waals surface area (Å²) in [4.78, 5) is 28.8. The summed E-state index contributed by atoms with van der Waals surface area (Å²) in [5.74, 6) is -0.166. The summed E-state index contributed by atoms with van der Waals surface area (Å²) in [5.41, 5.74) is 2.13. The van der Waals surface area contributed by atoms with Crippen LogP contribution in [0.3, 0.4) is 0 Å². The smallest absolute Gasteiger partial charge is 0.236 e. The second-order valence-corrected chi connectivity index (χ2v) is 10.8. The van der Waals surface area contributed by atoms with E-state index in [1.54, 1.807) is 11.8 Å². The highest BCUT2D eigenvalue weighted by Crippen LogP contribution is 2.55. The van der Waals surface area contributed by atoms with E-state index >= 15 is 0 Å². The number of allylic oxidation sites excluding steroid dienone is 1. The molecule has 2 N–H and O–H groups in total. The van der Waals surface area contributed by atoms with Crippen LogP contribution in [-0.2, 0) is 16.1 Å². The summed E-state index contributed by atoms with van der Waals surface area (Å²) >= 11 is 3.55. The monoisotopic (exact) mass is 447 g/mol. The van der Waals surface area contributed by atoms with Crippen molar-refractivity contribution in [2.75, 3.05) is 19.6 Å². The fourth-order valence-electron chi connectivity index (χ4n) is 4.23. The zero-order chi connectivity index (χ0) is 21.3. The summed E-state index contributed by atoms with van der Waals surface area (Å²) < 4.78 is 1.19. The van der Waals surface area contributed by atoms with Gasteiger partial charge in [0.25, 0.3) is 0 Å². The molecule has 3 aliphatic rings. The van der Waals surface area contributed by atoms with E-state index in [4.69, 9.17) is 0 Å².